The molecule has 0 saturated heterocycles. The van der Waals surface area contributed by atoms with Gasteiger partial charge in [-0.2, -0.15) is 0 Å². The van der Waals surface area contributed by atoms with Crippen molar-refractivity contribution >= 4 is 5.91 Å². The first-order chi connectivity index (χ1) is 9.50. The summed E-state index contributed by atoms with van der Waals surface area (Å²) < 4.78 is 0. The van der Waals surface area contributed by atoms with Crippen molar-refractivity contribution in [2.24, 2.45) is 5.73 Å². The number of unbranched alkanes of at least 4 members (excludes halogenated alkanes) is 5. The number of phenolic OH excluding ortho intramolecular Hbond substituents is 1. The zero-order valence-corrected chi connectivity index (χ0v) is 12.1. The largest absolute Gasteiger partial charge is 0.508 e. The highest BCUT2D eigenvalue weighted by Crippen LogP contribution is 2.28. The third-order valence-electron chi connectivity index (χ3n) is 3.64. The molecule has 4 heteroatoms. The van der Waals surface area contributed by atoms with Gasteiger partial charge in [0.2, 0.25) is 0 Å². The number of aromatic hydroxyl groups is 1. The van der Waals surface area contributed by atoms with Crippen LogP contribution in [0, 0.1) is 0 Å². The number of nitrogens with two attached hydrogens (primary N) is 1. The summed E-state index contributed by atoms with van der Waals surface area (Å²) in [6.07, 6.45) is 6.76. The summed E-state index contributed by atoms with van der Waals surface area (Å²) in [4.78, 5) is 11.6. The summed E-state index contributed by atoms with van der Waals surface area (Å²) >= 11 is 0. The molecule has 0 bridgehead atoms. The molecule has 0 spiro atoms. The van der Waals surface area contributed by atoms with E-state index in [0.29, 0.717) is 12.0 Å². The summed E-state index contributed by atoms with van der Waals surface area (Å²) in [7, 11) is 0. The Morgan fingerprint density at radius 3 is 2.20 bits per heavy atom. The van der Waals surface area contributed by atoms with Crippen molar-refractivity contribution in [1.29, 1.82) is 0 Å². The average Bonchev–Trinajstić information content (AvgIpc) is 2.43. The third kappa shape index (κ3) is 4.53. The first kappa shape index (κ1) is 16.5. The van der Waals surface area contributed by atoms with E-state index in [0.717, 1.165) is 19.3 Å². The van der Waals surface area contributed by atoms with Crippen molar-refractivity contribution in [2.75, 3.05) is 0 Å². The normalized spacial score (nSPS) is 13.9. The van der Waals surface area contributed by atoms with E-state index in [1.54, 1.807) is 0 Å². The first-order valence-electron chi connectivity index (χ1n) is 7.32. The van der Waals surface area contributed by atoms with Crippen LogP contribution in [0.15, 0.2) is 24.3 Å². The fourth-order valence-corrected chi connectivity index (χ4v) is 2.31. The quantitative estimate of drug-likeness (QED) is 0.608. The van der Waals surface area contributed by atoms with Gasteiger partial charge < -0.3 is 15.9 Å². The lowest BCUT2D eigenvalue weighted by Gasteiger charge is -2.25. The molecule has 0 saturated carbocycles. The fourth-order valence-electron chi connectivity index (χ4n) is 2.31. The highest BCUT2D eigenvalue weighted by molar-refractivity contribution is 5.84. The zero-order valence-electron chi connectivity index (χ0n) is 12.1. The summed E-state index contributed by atoms with van der Waals surface area (Å²) in [6.45, 7) is 2.16. The van der Waals surface area contributed by atoms with Crippen LogP contribution in [-0.4, -0.2) is 16.1 Å². The smallest absolute Gasteiger partial charge is 0.254 e. The maximum Gasteiger partial charge on any atom is 0.254 e. The second kappa shape index (κ2) is 7.90. The fraction of sp³-hybridized carbons (Fsp3) is 0.562. The van der Waals surface area contributed by atoms with Gasteiger partial charge in [-0.3, -0.25) is 4.79 Å². The highest BCUT2D eigenvalue weighted by Gasteiger charge is 2.35. The van der Waals surface area contributed by atoms with Crippen molar-refractivity contribution in [1.82, 2.24) is 0 Å². The molecule has 0 aromatic heterocycles. The molecule has 112 valence electrons. The molecule has 4 N–H and O–H groups in total. The molecule has 0 heterocycles. The Labute approximate surface area is 120 Å². The van der Waals surface area contributed by atoms with Gasteiger partial charge in [-0.15, -0.1) is 0 Å². The molecule has 1 aromatic rings. The first-order valence-corrected chi connectivity index (χ1v) is 7.32. The molecule has 0 aliphatic rings. The molecule has 1 atom stereocenters. The van der Waals surface area contributed by atoms with E-state index in [1.807, 2.05) is 0 Å². The molecule has 0 radical (unpaired) electrons. The number of carbonyl (C=O) groups excluding carboxylic acids is 1. The number of phenols is 1. The van der Waals surface area contributed by atoms with Crippen LogP contribution < -0.4 is 5.73 Å². The lowest BCUT2D eigenvalue weighted by molar-refractivity contribution is -0.138. The molecule has 0 aliphatic carbocycles. The molecule has 20 heavy (non-hydrogen) atoms. The summed E-state index contributed by atoms with van der Waals surface area (Å²) in [6, 6.07) is 5.98. The molecule has 4 nitrogen and oxygen atoms in total. The van der Waals surface area contributed by atoms with E-state index in [-0.39, 0.29) is 5.75 Å². The third-order valence-corrected chi connectivity index (χ3v) is 3.64. The summed E-state index contributed by atoms with van der Waals surface area (Å²) in [5, 5.41) is 19.8. The van der Waals surface area contributed by atoms with Crippen LogP contribution in [0.1, 0.15) is 57.4 Å². The lowest BCUT2D eigenvalue weighted by Crippen LogP contribution is -2.41. The average molecular weight is 279 g/mol. The second-order valence-electron chi connectivity index (χ2n) is 5.29. The van der Waals surface area contributed by atoms with Crippen LogP contribution in [0.2, 0.25) is 0 Å². The predicted octanol–water partition coefficient (Wildman–Crippen LogP) is 2.82. The molecular formula is C16H25NO3. The van der Waals surface area contributed by atoms with Gasteiger partial charge in [0.05, 0.1) is 0 Å². The van der Waals surface area contributed by atoms with Crippen LogP contribution in [-0.2, 0) is 10.4 Å². The van der Waals surface area contributed by atoms with Gasteiger partial charge in [0, 0.05) is 0 Å². The Kier molecular flexibility index (Phi) is 6.52. The Hall–Kier alpha value is -1.55. The molecule has 1 amide bonds. The summed E-state index contributed by atoms with van der Waals surface area (Å²) in [5.74, 6) is -0.642. The van der Waals surface area contributed by atoms with Gasteiger partial charge in [-0.1, -0.05) is 51.2 Å². The summed E-state index contributed by atoms with van der Waals surface area (Å²) in [5.41, 5.74) is 4.15. The number of carbonyl (C=O) groups is 1. The van der Waals surface area contributed by atoms with E-state index in [4.69, 9.17) is 5.73 Å². The van der Waals surface area contributed by atoms with Gasteiger partial charge in [0.1, 0.15) is 5.75 Å². The molecule has 0 aliphatic heterocycles. The van der Waals surface area contributed by atoms with Crippen LogP contribution in [0.25, 0.3) is 0 Å². The SMILES string of the molecule is CCCCCCCCC(O)(C(N)=O)c1ccc(O)cc1. The number of amides is 1. The van der Waals surface area contributed by atoms with Gasteiger partial charge >= 0.3 is 0 Å². The van der Waals surface area contributed by atoms with Gasteiger partial charge in [-0.05, 0) is 30.5 Å². The van der Waals surface area contributed by atoms with Crippen LogP contribution in [0.4, 0.5) is 0 Å². The Bertz CT molecular complexity index is 416. The monoisotopic (exact) mass is 279 g/mol. The minimum atomic E-state index is -1.64. The lowest BCUT2D eigenvalue weighted by atomic mass is 9.87. The molecule has 1 unspecified atom stereocenters. The van der Waals surface area contributed by atoms with Crippen LogP contribution in [0.5, 0.6) is 5.75 Å². The predicted molar refractivity (Wildman–Crippen MR) is 79.2 cm³/mol. The van der Waals surface area contributed by atoms with E-state index in [9.17, 15) is 15.0 Å². The minimum absolute atomic E-state index is 0.0973. The highest BCUT2D eigenvalue weighted by atomic mass is 16.3. The Morgan fingerprint density at radius 2 is 1.65 bits per heavy atom. The standard InChI is InChI=1S/C16H25NO3/c1-2-3-4-5-6-7-12-16(20,15(17)19)13-8-10-14(18)11-9-13/h8-11,18,20H,2-7,12H2,1H3,(H2,17,19). The Balaban J connectivity index is 2.59. The second-order valence-corrected chi connectivity index (χ2v) is 5.29. The minimum Gasteiger partial charge on any atom is -0.508 e. The van der Waals surface area contributed by atoms with E-state index >= 15 is 0 Å². The number of benzene rings is 1. The maximum atomic E-state index is 11.6. The van der Waals surface area contributed by atoms with E-state index in [2.05, 4.69) is 6.92 Å². The van der Waals surface area contributed by atoms with Gasteiger partial charge in [0.15, 0.2) is 5.60 Å². The van der Waals surface area contributed by atoms with Gasteiger partial charge in [-0.25, -0.2) is 0 Å². The number of primary amides is 1. The zero-order chi connectivity index (χ0) is 15.0. The van der Waals surface area contributed by atoms with Crippen LogP contribution in [0.3, 0.4) is 0 Å². The number of rotatable bonds is 9. The molecule has 0 fully saturated rings. The van der Waals surface area contributed by atoms with Crippen molar-refractivity contribution in [2.45, 2.75) is 57.5 Å². The molecular weight excluding hydrogens is 254 g/mol. The van der Waals surface area contributed by atoms with E-state index in [1.165, 1.54) is 43.5 Å². The van der Waals surface area contributed by atoms with Crippen molar-refractivity contribution < 1.29 is 15.0 Å². The van der Waals surface area contributed by atoms with Crippen LogP contribution >= 0.6 is 0 Å². The van der Waals surface area contributed by atoms with Crippen molar-refractivity contribution in [3.8, 4) is 5.75 Å². The number of hydrogen-bond donors (Lipinski definition) is 3. The maximum absolute atomic E-state index is 11.6. The number of aliphatic hydroxyl groups is 1. The topological polar surface area (TPSA) is 83.5 Å². The Morgan fingerprint density at radius 1 is 1.10 bits per heavy atom. The van der Waals surface area contributed by atoms with Crippen molar-refractivity contribution in [3.05, 3.63) is 29.8 Å². The molecule has 1 aromatic carbocycles. The van der Waals surface area contributed by atoms with Crippen molar-refractivity contribution in [3.63, 3.8) is 0 Å². The van der Waals surface area contributed by atoms with Gasteiger partial charge in [0.25, 0.3) is 5.91 Å². The number of hydrogen-bond acceptors (Lipinski definition) is 3. The van der Waals surface area contributed by atoms with E-state index < -0.39 is 11.5 Å². The molecule has 1 rings (SSSR count).